The van der Waals surface area contributed by atoms with E-state index in [2.05, 4.69) is 49.5 Å². The van der Waals surface area contributed by atoms with Crippen LogP contribution >= 0.6 is 11.8 Å². The van der Waals surface area contributed by atoms with Gasteiger partial charge in [0.2, 0.25) is 0 Å². The summed E-state index contributed by atoms with van der Waals surface area (Å²) in [5.74, 6) is 2.78. The van der Waals surface area contributed by atoms with Crippen LogP contribution in [0, 0.1) is 11.8 Å². The maximum atomic E-state index is 3.29. The lowest BCUT2D eigenvalue weighted by Crippen LogP contribution is -2.23. The molecule has 0 saturated heterocycles. The fourth-order valence-electron chi connectivity index (χ4n) is 1.78. The number of rotatable bonds is 7. The Kier molecular flexibility index (Phi) is 6.58. The first-order valence-corrected chi connectivity index (χ1v) is 7.05. The summed E-state index contributed by atoms with van der Waals surface area (Å²) in [7, 11) is 2.04. The summed E-state index contributed by atoms with van der Waals surface area (Å²) in [6.45, 7) is 5.76. The monoisotopic (exact) mass is 237 g/mol. The third-order valence-electron chi connectivity index (χ3n) is 2.91. The molecule has 0 saturated carbocycles. The maximum Gasteiger partial charge on any atom is 0.00719 e. The van der Waals surface area contributed by atoms with E-state index in [0.29, 0.717) is 0 Å². The van der Waals surface area contributed by atoms with Gasteiger partial charge in [0, 0.05) is 4.90 Å². The fourth-order valence-corrected chi connectivity index (χ4v) is 2.78. The Morgan fingerprint density at radius 3 is 2.44 bits per heavy atom. The second kappa shape index (κ2) is 7.75. The number of benzene rings is 1. The van der Waals surface area contributed by atoms with Gasteiger partial charge in [-0.15, -0.1) is 11.8 Å². The van der Waals surface area contributed by atoms with Crippen molar-refractivity contribution in [2.24, 2.45) is 11.8 Å². The lowest BCUT2D eigenvalue weighted by Gasteiger charge is -2.20. The molecule has 0 spiro atoms. The molecule has 0 amide bonds. The van der Waals surface area contributed by atoms with Gasteiger partial charge in [-0.05, 0) is 49.7 Å². The van der Waals surface area contributed by atoms with Crippen molar-refractivity contribution in [3.05, 3.63) is 30.3 Å². The molecule has 0 aliphatic heterocycles. The highest BCUT2D eigenvalue weighted by atomic mass is 32.2. The highest BCUT2D eigenvalue weighted by Crippen LogP contribution is 2.22. The predicted octanol–water partition coefficient (Wildman–Crippen LogP) is 3.66. The summed E-state index contributed by atoms with van der Waals surface area (Å²) < 4.78 is 0. The molecular formula is C14H23NS. The summed E-state index contributed by atoms with van der Waals surface area (Å²) in [5.41, 5.74) is 0. The van der Waals surface area contributed by atoms with Crippen LogP contribution in [0.5, 0.6) is 0 Å². The Hall–Kier alpha value is -0.470. The van der Waals surface area contributed by atoms with Crippen molar-refractivity contribution in [3.63, 3.8) is 0 Å². The van der Waals surface area contributed by atoms with Crippen molar-refractivity contribution in [3.8, 4) is 0 Å². The SMILES string of the molecule is CNCC(CCSc1ccccc1)C(C)C. The van der Waals surface area contributed by atoms with Crippen LogP contribution in [0.1, 0.15) is 20.3 Å². The Bertz CT molecular complexity index is 271. The lowest BCUT2D eigenvalue weighted by atomic mass is 9.93. The minimum atomic E-state index is 0.767. The molecule has 2 heteroatoms. The van der Waals surface area contributed by atoms with Crippen LogP contribution in [-0.4, -0.2) is 19.3 Å². The minimum absolute atomic E-state index is 0.767. The normalized spacial score (nSPS) is 13.0. The molecule has 0 aromatic heterocycles. The molecule has 0 fully saturated rings. The number of nitrogens with one attached hydrogen (secondary N) is 1. The van der Waals surface area contributed by atoms with Crippen LogP contribution in [-0.2, 0) is 0 Å². The average molecular weight is 237 g/mol. The van der Waals surface area contributed by atoms with Gasteiger partial charge in [-0.3, -0.25) is 0 Å². The van der Waals surface area contributed by atoms with Crippen LogP contribution in [0.2, 0.25) is 0 Å². The zero-order valence-corrected chi connectivity index (χ0v) is 11.4. The Morgan fingerprint density at radius 2 is 1.88 bits per heavy atom. The molecule has 0 aliphatic rings. The molecule has 0 bridgehead atoms. The first-order valence-electron chi connectivity index (χ1n) is 6.06. The van der Waals surface area contributed by atoms with E-state index >= 15 is 0 Å². The minimum Gasteiger partial charge on any atom is -0.319 e. The van der Waals surface area contributed by atoms with Gasteiger partial charge < -0.3 is 5.32 Å². The molecule has 16 heavy (non-hydrogen) atoms. The van der Waals surface area contributed by atoms with E-state index in [0.717, 1.165) is 18.4 Å². The summed E-state index contributed by atoms with van der Waals surface area (Å²) in [5, 5.41) is 3.29. The van der Waals surface area contributed by atoms with Crippen LogP contribution in [0.3, 0.4) is 0 Å². The number of hydrogen-bond acceptors (Lipinski definition) is 2. The Balaban J connectivity index is 2.28. The van der Waals surface area contributed by atoms with Gasteiger partial charge in [0.05, 0.1) is 0 Å². The van der Waals surface area contributed by atoms with Crippen LogP contribution in [0.15, 0.2) is 35.2 Å². The van der Waals surface area contributed by atoms with Crippen LogP contribution in [0.25, 0.3) is 0 Å². The number of thioether (sulfide) groups is 1. The zero-order valence-electron chi connectivity index (χ0n) is 10.6. The smallest absolute Gasteiger partial charge is 0.00719 e. The van der Waals surface area contributed by atoms with Crippen molar-refractivity contribution in [1.29, 1.82) is 0 Å². The van der Waals surface area contributed by atoms with E-state index in [1.165, 1.54) is 17.1 Å². The van der Waals surface area contributed by atoms with E-state index < -0.39 is 0 Å². The second-order valence-electron chi connectivity index (χ2n) is 4.51. The lowest BCUT2D eigenvalue weighted by molar-refractivity contribution is 0.364. The molecule has 1 N–H and O–H groups in total. The van der Waals surface area contributed by atoms with Gasteiger partial charge in [0.1, 0.15) is 0 Å². The third-order valence-corrected chi connectivity index (χ3v) is 3.96. The Labute approximate surface area is 104 Å². The first-order chi connectivity index (χ1) is 7.74. The van der Waals surface area contributed by atoms with Crippen molar-refractivity contribution in [2.75, 3.05) is 19.3 Å². The Morgan fingerprint density at radius 1 is 1.19 bits per heavy atom. The van der Waals surface area contributed by atoms with E-state index in [-0.39, 0.29) is 0 Å². The van der Waals surface area contributed by atoms with E-state index in [4.69, 9.17) is 0 Å². The van der Waals surface area contributed by atoms with Crippen LogP contribution < -0.4 is 5.32 Å². The summed E-state index contributed by atoms with van der Waals surface area (Å²) in [6, 6.07) is 10.7. The fraction of sp³-hybridized carbons (Fsp3) is 0.571. The van der Waals surface area contributed by atoms with E-state index in [1.54, 1.807) is 0 Å². The van der Waals surface area contributed by atoms with Gasteiger partial charge in [-0.2, -0.15) is 0 Å². The topological polar surface area (TPSA) is 12.0 Å². The standard InChI is InChI=1S/C14H23NS/c1-12(2)13(11-15-3)9-10-16-14-7-5-4-6-8-14/h4-8,12-13,15H,9-11H2,1-3H3. The van der Waals surface area contributed by atoms with Gasteiger partial charge >= 0.3 is 0 Å². The van der Waals surface area contributed by atoms with Gasteiger partial charge in [0.15, 0.2) is 0 Å². The summed E-state index contributed by atoms with van der Waals surface area (Å²) in [4.78, 5) is 1.38. The summed E-state index contributed by atoms with van der Waals surface area (Å²) in [6.07, 6.45) is 1.29. The van der Waals surface area contributed by atoms with Gasteiger partial charge in [-0.1, -0.05) is 32.0 Å². The molecule has 1 nitrogen and oxygen atoms in total. The molecule has 1 aromatic carbocycles. The van der Waals surface area contributed by atoms with Crippen molar-refractivity contribution >= 4 is 11.8 Å². The molecule has 1 atom stereocenters. The van der Waals surface area contributed by atoms with E-state index in [9.17, 15) is 0 Å². The summed E-state index contributed by atoms with van der Waals surface area (Å²) >= 11 is 1.96. The molecule has 0 aliphatic carbocycles. The third kappa shape index (κ3) is 5.04. The second-order valence-corrected chi connectivity index (χ2v) is 5.68. The predicted molar refractivity (Wildman–Crippen MR) is 74.0 cm³/mol. The van der Waals surface area contributed by atoms with Gasteiger partial charge in [0.25, 0.3) is 0 Å². The maximum absolute atomic E-state index is 3.29. The van der Waals surface area contributed by atoms with Crippen LogP contribution in [0.4, 0.5) is 0 Å². The molecular weight excluding hydrogens is 214 g/mol. The number of hydrogen-bond donors (Lipinski definition) is 1. The van der Waals surface area contributed by atoms with Crippen molar-refractivity contribution in [2.45, 2.75) is 25.2 Å². The van der Waals surface area contributed by atoms with E-state index in [1.807, 2.05) is 18.8 Å². The molecule has 1 aromatic rings. The molecule has 1 unspecified atom stereocenters. The highest BCUT2D eigenvalue weighted by molar-refractivity contribution is 7.99. The van der Waals surface area contributed by atoms with Gasteiger partial charge in [-0.25, -0.2) is 0 Å². The highest BCUT2D eigenvalue weighted by Gasteiger charge is 2.11. The quantitative estimate of drug-likeness (QED) is 0.726. The molecule has 90 valence electrons. The zero-order chi connectivity index (χ0) is 11.8. The first kappa shape index (κ1) is 13.6. The van der Waals surface area contributed by atoms with Crippen molar-refractivity contribution in [1.82, 2.24) is 5.32 Å². The molecule has 1 rings (SSSR count). The van der Waals surface area contributed by atoms with Crippen molar-refractivity contribution < 1.29 is 0 Å². The largest absolute Gasteiger partial charge is 0.319 e. The molecule has 0 radical (unpaired) electrons. The average Bonchev–Trinajstić information content (AvgIpc) is 2.29. The molecule has 0 heterocycles.